The van der Waals surface area contributed by atoms with Gasteiger partial charge in [0.25, 0.3) is 11.8 Å². The van der Waals surface area contributed by atoms with E-state index >= 15 is 0 Å². The van der Waals surface area contributed by atoms with Crippen molar-refractivity contribution in [1.29, 1.82) is 0 Å². The quantitative estimate of drug-likeness (QED) is 0.557. The first-order valence-electron chi connectivity index (χ1n) is 8.39. The Bertz CT molecular complexity index is 1070. The highest BCUT2D eigenvalue weighted by atomic mass is 35.5. The number of nitrogens with one attached hydrogen (secondary N) is 2. The number of rotatable bonds is 4. The Labute approximate surface area is 169 Å². The molecular formula is C21H14ClF3N2O2. The molecule has 0 aliphatic rings. The molecule has 0 atom stereocenters. The van der Waals surface area contributed by atoms with Crippen LogP contribution in [0, 0.1) is 0 Å². The lowest BCUT2D eigenvalue weighted by Crippen LogP contribution is -2.19. The summed E-state index contributed by atoms with van der Waals surface area (Å²) in [7, 11) is 0. The average molecular weight is 419 g/mol. The lowest BCUT2D eigenvalue weighted by Gasteiger charge is -2.13. The van der Waals surface area contributed by atoms with Crippen molar-refractivity contribution in [3.8, 4) is 0 Å². The number of alkyl halides is 3. The van der Waals surface area contributed by atoms with E-state index in [1.54, 1.807) is 36.4 Å². The van der Waals surface area contributed by atoms with Crippen LogP contribution < -0.4 is 10.6 Å². The van der Waals surface area contributed by atoms with Crippen LogP contribution in [0.2, 0.25) is 5.02 Å². The third-order valence-corrected chi connectivity index (χ3v) is 4.32. The SMILES string of the molecule is O=C(Nc1ccccc1C(=O)Nc1ccccc1Cl)c1cccc(C(F)(F)F)c1. The number of hydrogen-bond acceptors (Lipinski definition) is 2. The molecular weight excluding hydrogens is 405 g/mol. The summed E-state index contributed by atoms with van der Waals surface area (Å²) in [5.41, 5.74) is -0.443. The summed E-state index contributed by atoms with van der Waals surface area (Å²) in [6.07, 6.45) is -4.57. The van der Waals surface area contributed by atoms with Crippen molar-refractivity contribution < 1.29 is 22.8 Å². The highest BCUT2D eigenvalue weighted by Crippen LogP contribution is 2.30. The first-order chi connectivity index (χ1) is 13.8. The van der Waals surface area contributed by atoms with Gasteiger partial charge < -0.3 is 10.6 Å². The van der Waals surface area contributed by atoms with Crippen LogP contribution in [0.25, 0.3) is 0 Å². The number of carbonyl (C=O) groups excluding carboxylic acids is 2. The third kappa shape index (κ3) is 4.94. The number of anilines is 2. The minimum absolute atomic E-state index is 0.132. The molecule has 0 saturated carbocycles. The summed E-state index contributed by atoms with van der Waals surface area (Å²) < 4.78 is 38.6. The van der Waals surface area contributed by atoms with Crippen molar-refractivity contribution in [2.45, 2.75) is 6.18 Å². The predicted octanol–water partition coefficient (Wildman–Crippen LogP) is 5.86. The number of halogens is 4. The molecule has 0 fully saturated rings. The van der Waals surface area contributed by atoms with E-state index in [0.29, 0.717) is 10.7 Å². The lowest BCUT2D eigenvalue weighted by atomic mass is 10.1. The Morgan fingerprint density at radius 1 is 0.759 bits per heavy atom. The van der Waals surface area contributed by atoms with Crippen molar-refractivity contribution in [3.05, 3.63) is 94.5 Å². The van der Waals surface area contributed by atoms with Gasteiger partial charge in [-0.15, -0.1) is 0 Å². The summed E-state index contributed by atoms with van der Waals surface area (Å²) in [4.78, 5) is 25.1. The molecule has 4 nitrogen and oxygen atoms in total. The zero-order chi connectivity index (χ0) is 21.0. The molecule has 0 radical (unpaired) electrons. The smallest absolute Gasteiger partial charge is 0.321 e. The molecule has 2 amide bonds. The van der Waals surface area contributed by atoms with Crippen LogP contribution in [0.3, 0.4) is 0 Å². The van der Waals surface area contributed by atoms with Crippen molar-refractivity contribution in [1.82, 2.24) is 0 Å². The van der Waals surface area contributed by atoms with Crippen LogP contribution in [0.1, 0.15) is 26.3 Å². The van der Waals surface area contributed by atoms with E-state index in [-0.39, 0.29) is 16.8 Å². The van der Waals surface area contributed by atoms with E-state index < -0.39 is 23.6 Å². The molecule has 0 aliphatic heterocycles. The summed E-state index contributed by atoms with van der Waals surface area (Å²) in [6.45, 7) is 0. The fourth-order valence-corrected chi connectivity index (χ4v) is 2.76. The number of amides is 2. The van der Waals surface area contributed by atoms with E-state index in [1.165, 1.54) is 18.2 Å². The second-order valence-electron chi connectivity index (χ2n) is 6.01. The van der Waals surface area contributed by atoms with Gasteiger partial charge in [0, 0.05) is 5.56 Å². The normalized spacial score (nSPS) is 11.0. The van der Waals surface area contributed by atoms with Gasteiger partial charge in [-0.1, -0.05) is 41.9 Å². The molecule has 148 valence electrons. The number of benzene rings is 3. The molecule has 0 aliphatic carbocycles. The molecule has 2 N–H and O–H groups in total. The van der Waals surface area contributed by atoms with E-state index in [4.69, 9.17) is 11.6 Å². The van der Waals surface area contributed by atoms with Crippen molar-refractivity contribution in [2.24, 2.45) is 0 Å². The van der Waals surface area contributed by atoms with Crippen LogP contribution in [-0.4, -0.2) is 11.8 Å². The second kappa shape index (κ2) is 8.36. The van der Waals surface area contributed by atoms with Gasteiger partial charge in [-0.25, -0.2) is 0 Å². The van der Waals surface area contributed by atoms with Crippen molar-refractivity contribution in [3.63, 3.8) is 0 Å². The van der Waals surface area contributed by atoms with E-state index in [0.717, 1.165) is 18.2 Å². The molecule has 0 saturated heterocycles. The predicted molar refractivity (Wildman–Crippen MR) is 105 cm³/mol. The van der Waals surface area contributed by atoms with Crippen molar-refractivity contribution >= 4 is 34.8 Å². The Morgan fingerprint density at radius 2 is 1.38 bits per heavy atom. The van der Waals surface area contributed by atoms with Gasteiger partial charge in [-0.3, -0.25) is 9.59 Å². The molecule has 0 heterocycles. The monoisotopic (exact) mass is 418 g/mol. The van der Waals surface area contributed by atoms with Crippen LogP contribution in [-0.2, 0) is 6.18 Å². The van der Waals surface area contributed by atoms with Gasteiger partial charge in [0.05, 0.1) is 27.5 Å². The summed E-state index contributed by atoms with van der Waals surface area (Å²) >= 11 is 6.04. The van der Waals surface area contributed by atoms with Crippen LogP contribution in [0.4, 0.5) is 24.5 Å². The van der Waals surface area contributed by atoms with Crippen LogP contribution in [0.15, 0.2) is 72.8 Å². The van der Waals surface area contributed by atoms with Crippen LogP contribution in [0.5, 0.6) is 0 Å². The Kier molecular flexibility index (Phi) is 5.89. The number of para-hydroxylation sites is 2. The third-order valence-electron chi connectivity index (χ3n) is 3.99. The lowest BCUT2D eigenvalue weighted by molar-refractivity contribution is -0.137. The fraction of sp³-hybridized carbons (Fsp3) is 0.0476. The highest BCUT2D eigenvalue weighted by molar-refractivity contribution is 6.34. The molecule has 0 unspecified atom stereocenters. The van der Waals surface area contributed by atoms with Crippen molar-refractivity contribution in [2.75, 3.05) is 10.6 Å². The topological polar surface area (TPSA) is 58.2 Å². The Balaban J connectivity index is 1.83. The zero-order valence-corrected chi connectivity index (χ0v) is 15.5. The molecule has 3 aromatic carbocycles. The minimum atomic E-state index is -4.57. The van der Waals surface area contributed by atoms with Gasteiger partial charge >= 0.3 is 6.18 Å². The first-order valence-corrected chi connectivity index (χ1v) is 8.77. The van der Waals surface area contributed by atoms with Gasteiger partial charge in [0.2, 0.25) is 0 Å². The summed E-state index contributed by atoms with van der Waals surface area (Å²) in [5.74, 6) is -1.30. The highest BCUT2D eigenvalue weighted by Gasteiger charge is 2.31. The molecule has 0 spiro atoms. The maximum atomic E-state index is 12.9. The molecule has 0 bridgehead atoms. The van der Waals surface area contributed by atoms with E-state index in [2.05, 4.69) is 10.6 Å². The van der Waals surface area contributed by atoms with Gasteiger partial charge in [0.15, 0.2) is 0 Å². The average Bonchev–Trinajstić information content (AvgIpc) is 2.69. The molecule has 8 heteroatoms. The van der Waals surface area contributed by atoms with Gasteiger partial charge in [-0.2, -0.15) is 13.2 Å². The Hall–Kier alpha value is -3.32. The van der Waals surface area contributed by atoms with E-state index in [9.17, 15) is 22.8 Å². The molecule has 3 aromatic rings. The largest absolute Gasteiger partial charge is 0.416 e. The number of hydrogen-bond donors (Lipinski definition) is 2. The Morgan fingerprint density at radius 3 is 2.07 bits per heavy atom. The summed E-state index contributed by atoms with van der Waals surface area (Å²) in [6, 6.07) is 16.8. The van der Waals surface area contributed by atoms with E-state index in [1.807, 2.05) is 0 Å². The van der Waals surface area contributed by atoms with Crippen LogP contribution >= 0.6 is 11.6 Å². The molecule has 29 heavy (non-hydrogen) atoms. The minimum Gasteiger partial charge on any atom is -0.321 e. The van der Waals surface area contributed by atoms with Gasteiger partial charge in [-0.05, 0) is 42.5 Å². The van der Waals surface area contributed by atoms with Gasteiger partial charge in [0.1, 0.15) is 0 Å². The molecule has 3 rings (SSSR count). The first kappa shape index (κ1) is 20.4. The second-order valence-corrected chi connectivity index (χ2v) is 6.42. The number of carbonyl (C=O) groups is 2. The fourth-order valence-electron chi connectivity index (χ4n) is 2.57. The maximum absolute atomic E-state index is 12.9. The summed E-state index contributed by atoms with van der Waals surface area (Å²) in [5, 5.41) is 5.46. The zero-order valence-electron chi connectivity index (χ0n) is 14.8. The molecule has 0 aromatic heterocycles. The maximum Gasteiger partial charge on any atom is 0.416 e. The standard InChI is InChI=1S/C21H14ClF3N2O2/c22-16-9-2-4-11-18(16)27-20(29)15-8-1-3-10-17(15)26-19(28)13-6-5-7-14(12-13)21(23,24)25/h1-12H,(H,26,28)(H,27,29).